The van der Waals surface area contributed by atoms with E-state index in [4.69, 9.17) is 11.0 Å². The molecule has 0 saturated heterocycles. The number of hydrogen-bond donors (Lipinski definition) is 1. The molecule has 2 nitrogen and oxygen atoms in total. The molecule has 0 aliphatic rings. The lowest BCUT2D eigenvalue weighted by Crippen LogP contribution is -1.95. The van der Waals surface area contributed by atoms with Gasteiger partial charge in [0.05, 0.1) is 11.6 Å². The molecule has 0 aliphatic heterocycles. The zero-order valence-corrected chi connectivity index (χ0v) is 10.8. The maximum absolute atomic E-state index is 9.02. The molecule has 0 fully saturated rings. The molecule has 0 saturated carbocycles. The topological polar surface area (TPSA) is 49.8 Å². The van der Waals surface area contributed by atoms with Gasteiger partial charge in [-0.05, 0) is 29.3 Å². The van der Waals surface area contributed by atoms with Crippen molar-refractivity contribution in [3.8, 4) is 6.07 Å². The Labute approximate surface area is 111 Å². The first-order chi connectivity index (χ1) is 8.83. The normalized spacial score (nSPS) is 10.0. The van der Waals surface area contributed by atoms with Crippen molar-refractivity contribution in [1.82, 2.24) is 0 Å². The molecule has 0 bridgehead atoms. The Kier molecular flexibility index (Phi) is 4.40. The number of nitriles is 1. The van der Waals surface area contributed by atoms with Crippen molar-refractivity contribution in [3.63, 3.8) is 0 Å². The molecule has 0 radical (unpaired) electrons. The second-order valence-corrected chi connectivity index (χ2v) is 4.96. The van der Waals surface area contributed by atoms with Crippen LogP contribution in [0, 0.1) is 11.3 Å². The lowest BCUT2D eigenvalue weighted by atomic mass is 10.1. The molecule has 2 aromatic rings. The Morgan fingerprint density at radius 3 is 2.72 bits per heavy atom. The van der Waals surface area contributed by atoms with Gasteiger partial charge in [0.25, 0.3) is 0 Å². The fourth-order valence-electron chi connectivity index (χ4n) is 1.68. The maximum atomic E-state index is 9.02. The monoisotopic (exact) mass is 254 g/mol. The number of benzene rings is 2. The molecule has 0 spiro atoms. The third kappa shape index (κ3) is 3.13. The van der Waals surface area contributed by atoms with Gasteiger partial charge in [0.1, 0.15) is 0 Å². The van der Waals surface area contributed by atoms with E-state index in [1.807, 2.05) is 36.4 Å². The zero-order chi connectivity index (χ0) is 12.8. The van der Waals surface area contributed by atoms with Crippen LogP contribution in [0.4, 0.5) is 0 Å². The smallest absolute Gasteiger partial charge is 0.0994 e. The Balaban J connectivity index is 2.09. The second kappa shape index (κ2) is 6.25. The van der Waals surface area contributed by atoms with Crippen LogP contribution in [-0.2, 0) is 12.3 Å². The summed E-state index contributed by atoms with van der Waals surface area (Å²) in [5.74, 6) is 0.803. The summed E-state index contributed by atoms with van der Waals surface area (Å²) in [5, 5.41) is 9.02. The molecule has 0 unspecified atom stereocenters. The van der Waals surface area contributed by atoms with Crippen LogP contribution < -0.4 is 5.73 Å². The van der Waals surface area contributed by atoms with Crippen LogP contribution in [0.5, 0.6) is 0 Å². The van der Waals surface area contributed by atoms with E-state index in [9.17, 15) is 0 Å². The van der Waals surface area contributed by atoms with Crippen molar-refractivity contribution in [2.75, 3.05) is 0 Å². The summed E-state index contributed by atoms with van der Waals surface area (Å²) in [6.07, 6.45) is 0. The molecular formula is C15H14N2S. The molecule has 0 aromatic heterocycles. The van der Waals surface area contributed by atoms with Gasteiger partial charge in [-0.1, -0.05) is 30.3 Å². The molecule has 2 rings (SSSR count). The van der Waals surface area contributed by atoms with Crippen LogP contribution >= 0.6 is 11.8 Å². The number of rotatable bonds is 4. The Morgan fingerprint density at radius 1 is 1.11 bits per heavy atom. The third-order valence-electron chi connectivity index (χ3n) is 2.67. The van der Waals surface area contributed by atoms with E-state index in [1.165, 1.54) is 4.90 Å². The molecule has 3 heteroatoms. The fourth-order valence-corrected chi connectivity index (χ4v) is 2.66. The summed E-state index contributed by atoms with van der Waals surface area (Å²) in [4.78, 5) is 1.19. The largest absolute Gasteiger partial charge is 0.326 e. The highest BCUT2D eigenvalue weighted by Crippen LogP contribution is 2.24. The predicted molar refractivity (Wildman–Crippen MR) is 75.1 cm³/mol. The van der Waals surface area contributed by atoms with E-state index in [0.29, 0.717) is 6.54 Å². The van der Waals surface area contributed by atoms with Crippen LogP contribution in [-0.4, -0.2) is 0 Å². The Hall–Kier alpha value is -1.76. The van der Waals surface area contributed by atoms with Crippen LogP contribution in [0.3, 0.4) is 0 Å². The van der Waals surface area contributed by atoms with Gasteiger partial charge in [-0.2, -0.15) is 5.26 Å². The number of thioether (sulfide) groups is 1. The highest BCUT2D eigenvalue weighted by molar-refractivity contribution is 7.98. The van der Waals surface area contributed by atoms with Gasteiger partial charge < -0.3 is 5.73 Å². The quantitative estimate of drug-likeness (QED) is 0.852. The molecule has 0 heterocycles. The van der Waals surface area contributed by atoms with Gasteiger partial charge >= 0.3 is 0 Å². The van der Waals surface area contributed by atoms with Gasteiger partial charge in [0, 0.05) is 17.2 Å². The molecule has 90 valence electrons. The standard InChI is InChI=1S/C15H14N2S/c16-9-12-4-3-7-15(8-12)18-11-14-6-2-1-5-13(14)10-17/h1-8H,9,11,16H2. The summed E-state index contributed by atoms with van der Waals surface area (Å²) in [7, 11) is 0. The molecule has 18 heavy (non-hydrogen) atoms. The van der Waals surface area contributed by atoms with Gasteiger partial charge in [0.2, 0.25) is 0 Å². The van der Waals surface area contributed by atoms with Gasteiger partial charge in [0.15, 0.2) is 0 Å². The van der Waals surface area contributed by atoms with Gasteiger partial charge in [-0.3, -0.25) is 0 Å². The van der Waals surface area contributed by atoms with E-state index >= 15 is 0 Å². The minimum atomic E-state index is 0.559. The van der Waals surface area contributed by atoms with Crippen LogP contribution in [0.2, 0.25) is 0 Å². The molecule has 2 N–H and O–H groups in total. The highest BCUT2D eigenvalue weighted by Gasteiger charge is 2.02. The van der Waals surface area contributed by atoms with Crippen LogP contribution in [0.15, 0.2) is 53.4 Å². The van der Waals surface area contributed by atoms with Crippen LogP contribution in [0.25, 0.3) is 0 Å². The molecule has 0 atom stereocenters. The van der Waals surface area contributed by atoms with E-state index in [2.05, 4.69) is 18.2 Å². The lowest BCUT2D eigenvalue weighted by Gasteiger charge is -2.05. The average molecular weight is 254 g/mol. The fraction of sp³-hybridized carbons (Fsp3) is 0.133. The first kappa shape index (κ1) is 12.7. The number of hydrogen-bond acceptors (Lipinski definition) is 3. The van der Waals surface area contributed by atoms with E-state index in [-0.39, 0.29) is 0 Å². The predicted octanol–water partition coefficient (Wildman–Crippen LogP) is 3.31. The third-order valence-corrected chi connectivity index (χ3v) is 3.71. The molecule has 0 aliphatic carbocycles. The summed E-state index contributed by atoms with van der Waals surface area (Å²) >= 11 is 1.73. The second-order valence-electron chi connectivity index (χ2n) is 3.91. The van der Waals surface area contributed by atoms with Gasteiger partial charge in [-0.25, -0.2) is 0 Å². The van der Waals surface area contributed by atoms with E-state index in [0.717, 1.165) is 22.4 Å². The Bertz CT molecular complexity index is 573. The summed E-state index contributed by atoms with van der Waals surface area (Å²) in [6, 6.07) is 18.1. The summed E-state index contributed by atoms with van der Waals surface area (Å²) in [6.45, 7) is 0.559. The minimum absolute atomic E-state index is 0.559. The molecular weight excluding hydrogens is 240 g/mol. The van der Waals surface area contributed by atoms with Crippen LogP contribution in [0.1, 0.15) is 16.7 Å². The van der Waals surface area contributed by atoms with E-state index in [1.54, 1.807) is 11.8 Å². The lowest BCUT2D eigenvalue weighted by molar-refractivity contribution is 1.06. The van der Waals surface area contributed by atoms with E-state index < -0.39 is 0 Å². The van der Waals surface area contributed by atoms with Crippen molar-refractivity contribution in [2.45, 2.75) is 17.2 Å². The highest BCUT2D eigenvalue weighted by atomic mass is 32.2. The van der Waals surface area contributed by atoms with Crippen molar-refractivity contribution in [2.24, 2.45) is 5.73 Å². The minimum Gasteiger partial charge on any atom is -0.326 e. The number of nitrogens with zero attached hydrogens (tertiary/aromatic N) is 1. The van der Waals surface area contributed by atoms with Gasteiger partial charge in [-0.15, -0.1) is 11.8 Å². The average Bonchev–Trinajstić information content (AvgIpc) is 2.45. The number of nitrogens with two attached hydrogens (primary N) is 1. The van der Waals surface area contributed by atoms with Crippen molar-refractivity contribution < 1.29 is 0 Å². The van der Waals surface area contributed by atoms with Crippen molar-refractivity contribution in [3.05, 3.63) is 65.2 Å². The SMILES string of the molecule is N#Cc1ccccc1CSc1cccc(CN)c1. The summed E-state index contributed by atoms with van der Waals surface area (Å²) in [5.41, 5.74) is 8.57. The first-order valence-corrected chi connectivity index (χ1v) is 6.72. The summed E-state index contributed by atoms with van der Waals surface area (Å²) < 4.78 is 0. The maximum Gasteiger partial charge on any atom is 0.0994 e. The Morgan fingerprint density at radius 2 is 1.94 bits per heavy atom. The zero-order valence-electron chi connectivity index (χ0n) is 9.97. The molecule has 2 aromatic carbocycles. The first-order valence-electron chi connectivity index (χ1n) is 5.73. The van der Waals surface area contributed by atoms with Crippen molar-refractivity contribution in [1.29, 1.82) is 5.26 Å². The molecule has 0 amide bonds. The van der Waals surface area contributed by atoms with Crippen molar-refractivity contribution >= 4 is 11.8 Å².